The van der Waals surface area contributed by atoms with Crippen molar-refractivity contribution in [2.75, 3.05) is 16.8 Å². The van der Waals surface area contributed by atoms with Crippen LogP contribution in [-0.2, 0) is 10.0 Å². The third-order valence-corrected chi connectivity index (χ3v) is 5.96. The molecule has 3 rings (SSSR count). The Labute approximate surface area is 199 Å². The molecule has 4 N–H and O–H groups in total. The van der Waals surface area contributed by atoms with Gasteiger partial charge in [-0.1, -0.05) is 18.2 Å². The van der Waals surface area contributed by atoms with Crippen molar-refractivity contribution >= 4 is 39.3 Å². The number of aromatic carboxylic acids is 1. The summed E-state index contributed by atoms with van der Waals surface area (Å²) in [6, 6.07) is 13.2. The van der Waals surface area contributed by atoms with E-state index >= 15 is 0 Å². The summed E-state index contributed by atoms with van der Waals surface area (Å²) in [6.45, 7) is 2.09. The molecule has 3 aromatic carbocycles. The molecule has 35 heavy (non-hydrogen) atoms. The zero-order chi connectivity index (χ0) is 25.6. The van der Waals surface area contributed by atoms with Crippen LogP contribution in [0.2, 0.25) is 0 Å². The molecule has 0 saturated carbocycles. The molecule has 0 aliphatic rings. The van der Waals surface area contributed by atoms with Crippen LogP contribution in [0.15, 0.2) is 70.7 Å². The number of benzene rings is 3. The summed E-state index contributed by atoms with van der Waals surface area (Å²) in [6.07, 6.45) is 1.22. The Balaban J connectivity index is 1.87. The van der Waals surface area contributed by atoms with Crippen molar-refractivity contribution in [2.24, 2.45) is 5.10 Å². The lowest BCUT2D eigenvalue weighted by atomic mass is 10.2. The van der Waals surface area contributed by atoms with Gasteiger partial charge in [-0.15, -0.1) is 0 Å². The molecule has 0 saturated heterocycles. The number of rotatable bonds is 10. The number of nitrogens with zero attached hydrogens (tertiary/aromatic N) is 2. The molecular weight excluding hydrogens is 480 g/mol. The van der Waals surface area contributed by atoms with Crippen LogP contribution in [0.5, 0.6) is 11.5 Å². The van der Waals surface area contributed by atoms with E-state index in [-0.39, 0.29) is 34.0 Å². The summed E-state index contributed by atoms with van der Waals surface area (Å²) in [5.74, 6) is -1.26. The van der Waals surface area contributed by atoms with Gasteiger partial charge in [-0.05, 0) is 43.3 Å². The van der Waals surface area contributed by atoms with E-state index in [0.717, 1.165) is 18.2 Å². The topological polar surface area (TPSA) is 180 Å². The lowest BCUT2D eigenvalue weighted by Crippen LogP contribution is -2.16. The number of hydrogen-bond acceptors (Lipinski definition) is 9. The summed E-state index contributed by atoms with van der Waals surface area (Å²) in [7, 11) is -4.35. The van der Waals surface area contributed by atoms with E-state index in [1.165, 1.54) is 30.5 Å². The Bertz CT molecular complexity index is 1410. The maximum absolute atomic E-state index is 12.8. The second kappa shape index (κ2) is 10.5. The van der Waals surface area contributed by atoms with Gasteiger partial charge in [-0.2, -0.15) is 5.10 Å². The molecule has 182 valence electrons. The molecule has 0 radical (unpaired) electrons. The predicted octanol–water partition coefficient (Wildman–Crippen LogP) is 3.64. The molecule has 0 aliphatic carbocycles. The number of hydrogen-bond donors (Lipinski definition) is 4. The second-order valence-corrected chi connectivity index (χ2v) is 8.57. The monoisotopic (exact) mass is 500 g/mol. The van der Waals surface area contributed by atoms with Crippen molar-refractivity contribution in [3.8, 4) is 11.5 Å². The summed E-state index contributed by atoms with van der Waals surface area (Å²) in [5.41, 5.74) is 1.56. The lowest BCUT2D eigenvalue weighted by Gasteiger charge is -2.11. The zero-order valence-corrected chi connectivity index (χ0v) is 19.0. The highest BCUT2D eigenvalue weighted by Crippen LogP contribution is 2.30. The normalized spacial score (nSPS) is 11.2. The Morgan fingerprint density at radius 2 is 1.89 bits per heavy atom. The van der Waals surface area contributed by atoms with Gasteiger partial charge in [-0.25, -0.2) is 13.2 Å². The first-order valence-electron chi connectivity index (χ1n) is 10.0. The average Bonchev–Trinajstić information content (AvgIpc) is 2.81. The van der Waals surface area contributed by atoms with E-state index < -0.39 is 31.5 Å². The van der Waals surface area contributed by atoms with Gasteiger partial charge >= 0.3 is 5.97 Å². The molecule has 13 heteroatoms. The van der Waals surface area contributed by atoms with Gasteiger partial charge in [-0.3, -0.25) is 20.3 Å². The number of anilines is 2. The van der Waals surface area contributed by atoms with Crippen molar-refractivity contribution in [3.63, 3.8) is 0 Å². The van der Waals surface area contributed by atoms with Crippen molar-refractivity contribution < 1.29 is 33.1 Å². The number of carboxylic acids is 1. The summed E-state index contributed by atoms with van der Waals surface area (Å²) >= 11 is 0. The maximum atomic E-state index is 12.8. The smallest absolute Gasteiger partial charge is 0.337 e. The fourth-order valence-electron chi connectivity index (χ4n) is 2.97. The number of nitrogens with one attached hydrogen (secondary N) is 2. The summed E-state index contributed by atoms with van der Waals surface area (Å²) in [5, 5.41) is 34.9. The maximum Gasteiger partial charge on any atom is 0.337 e. The van der Waals surface area contributed by atoms with Crippen LogP contribution in [0.1, 0.15) is 22.8 Å². The van der Waals surface area contributed by atoms with Crippen molar-refractivity contribution in [2.45, 2.75) is 11.8 Å². The molecule has 12 nitrogen and oxygen atoms in total. The highest BCUT2D eigenvalue weighted by atomic mass is 32.2. The number of para-hydroxylation sites is 2. The van der Waals surface area contributed by atoms with Gasteiger partial charge in [0.1, 0.15) is 5.69 Å². The average molecular weight is 500 g/mol. The van der Waals surface area contributed by atoms with Crippen LogP contribution in [0.3, 0.4) is 0 Å². The number of sulfonamides is 1. The minimum absolute atomic E-state index is 0.114. The van der Waals surface area contributed by atoms with Crippen LogP contribution in [-0.4, -0.2) is 42.3 Å². The highest BCUT2D eigenvalue weighted by molar-refractivity contribution is 7.92. The molecule has 0 atom stereocenters. The minimum atomic E-state index is -4.35. The van der Waals surface area contributed by atoms with Crippen LogP contribution in [0.4, 0.5) is 17.1 Å². The molecule has 0 aromatic heterocycles. The molecule has 0 fully saturated rings. The molecular formula is C22H20N4O8S. The van der Waals surface area contributed by atoms with E-state index in [9.17, 15) is 33.5 Å². The Morgan fingerprint density at radius 3 is 2.57 bits per heavy atom. The van der Waals surface area contributed by atoms with Crippen LogP contribution in [0, 0.1) is 10.1 Å². The van der Waals surface area contributed by atoms with E-state index in [1.807, 2.05) is 0 Å². The number of carbonyl (C=O) groups is 1. The highest BCUT2D eigenvalue weighted by Gasteiger charge is 2.23. The van der Waals surface area contributed by atoms with Crippen molar-refractivity contribution in [3.05, 3.63) is 81.9 Å². The van der Waals surface area contributed by atoms with Crippen molar-refractivity contribution in [1.29, 1.82) is 0 Å². The van der Waals surface area contributed by atoms with E-state index in [1.54, 1.807) is 25.1 Å². The number of nitro benzene ring substituents is 1. The van der Waals surface area contributed by atoms with Gasteiger partial charge < -0.3 is 14.9 Å². The third kappa shape index (κ3) is 5.83. The number of ether oxygens (including phenoxy) is 1. The van der Waals surface area contributed by atoms with Crippen molar-refractivity contribution in [1.82, 2.24) is 0 Å². The first kappa shape index (κ1) is 25.0. The summed E-state index contributed by atoms with van der Waals surface area (Å²) < 4.78 is 33.0. The number of hydrazone groups is 1. The lowest BCUT2D eigenvalue weighted by molar-refractivity contribution is -0.384. The van der Waals surface area contributed by atoms with Gasteiger partial charge in [0, 0.05) is 11.6 Å². The predicted molar refractivity (Wildman–Crippen MR) is 128 cm³/mol. The molecule has 0 amide bonds. The molecule has 0 bridgehead atoms. The number of phenols is 1. The molecule has 3 aromatic rings. The Kier molecular flexibility index (Phi) is 7.51. The van der Waals surface area contributed by atoms with Crippen LogP contribution >= 0.6 is 0 Å². The van der Waals surface area contributed by atoms with Crippen LogP contribution < -0.4 is 14.9 Å². The molecule has 0 unspecified atom stereocenters. The quantitative estimate of drug-likeness (QED) is 0.183. The first-order chi connectivity index (χ1) is 16.6. The molecule has 0 spiro atoms. The van der Waals surface area contributed by atoms with Gasteiger partial charge in [0.15, 0.2) is 11.5 Å². The summed E-state index contributed by atoms with van der Waals surface area (Å²) in [4.78, 5) is 21.7. The van der Waals surface area contributed by atoms with E-state index in [2.05, 4.69) is 15.2 Å². The fraction of sp³-hybridized carbons (Fsp3) is 0.0909. The Morgan fingerprint density at radius 1 is 1.14 bits per heavy atom. The third-order valence-electron chi connectivity index (χ3n) is 4.60. The number of phenolic OH excluding ortho intramolecular Hbond substituents is 1. The zero-order valence-electron chi connectivity index (χ0n) is 18.2. The van der Waals surface area contributed by atoms with Crippen LogP contribution in [0.25, 0.3) is 0 Å². The van der Waals surface area contributed by atoms with Gasteiger partial charge in [0.2, 0.25) is 0 Å². The van der Waals surface area contributed by atoms with Gasteiger partial charge in [0.05, 0.1) is 33.9 Å². The van der Waals surface area contributed by atoms with Gasteiger partial charge in [0.25, 0.3) is 15.7 Å². The number of nitro groups is 1. The first-order valence-corrected chi connectivity index (χ1v) is 11.5. The molecule has 0 heterocycles. The Hall–Kier alpha value is -4.65. The molecule has 0 aliphatic heterocycles. The fourth-order valence-corrected chi connectivity index (χ4v) is 4.07. The van der Waals surface area contributed by atoms with E-state index in [4.69, 9.17) is 4.74 Å². The van der Waals surface area contributed by atoms with E-state index in [0.29, 0.717) is 6.61 Å². The largest absolute Gasteiger partial charge is 0.504 e. The SMILES string of the molecule is CCOc1cccc(/C=N/Nc2ccc(S(=O)(=O)Nc3ccccc3C(=O)O)cc2[N+](=O)[O-])c1O. The standard InChI is InChI=1S/C22H20N4O8S/c1-2-34-20-9-5-6-14(21(20)27)13-23-24-18-11-10-15(12-19(18)26(30)31)35(32,33)25-17-8-4-3-7-16(17)22(28)29/h3-13,24-25,27H,2H2,1H3,(H,28,29)/b23-13+. The minimum Gasteiger partial charge on any atom is -0.504 e. The second-order valence-electron chi connectivity index (χ2n) is 6.89. The number of aromatic hydroxyl groups is 1. The number of carboxylic acid groups (broad SMARTS) is 1.